The van der Waals surface area contributed by atoms with Gasteiger partial charge in [0.15, 0.2) is 0 Å². The molecule has 2 heterocycles. The van der Waals surface area contributed by atoms with Crippen molar-refractivity contribution in [2.24, 2.45) is 0 Å². The van der Waals surface area contributed by atoms with Crippen LogP contribution in [0.3, 0.4) is 0 Å². The van der Waals surface area contributed by atoms with E-state index in [1.165, 1.54) is 12.4 Å². The number of aryl methyl sites for hydroxylation is 2. The fraction of sp³-hybridized carbons (Fsp3) is 0.143. The Labute approximate surface area is 176 Å². The largest absolute Gasteiger partial charge is 0.323 e. The minimum atomic E-state index is -0.441. The zero-order valence-corrected chi connectivity index (χ0v) is 17.4. The summed E-state index contributed by atoms with van der Waals surface area (Å²) in [6.45, 7) is 5.61. The first kappa shape index (κ1) is 19.8. The summed E-state index contributed by atoms with van der Waals surface area (Å²) in [5.74, 6) is 0.195. The van der Waals surface area contributed by atoms with Crippen molar-refractivity contribution in [3.63, 3.8) is 0 Å². The number of anilines is 2. The molecule has 9 heteroatoms. The van der Waals surface area contributed by atoms with E-state index in [1.54, 1.807) is 47.5 Å². The number of hydrogen-bond donors (Lipinski definition) is 2. The van der Waals surface area contributed by atoms with E-state index in [2.05, 4.69) is 25.7 Å². The highest BCUT2D eigenvalue weighted by Gasteiger charge is 2.13. The number of halogens is 1. The van der Waals surface area contributed by atoms with Crippen LogP contribution < -0.4 is 10.6 Å². The van der Waals surface area contributed by atoms with Crippen LogP contribution in [0.5, 0.6) is 0 Å². The van der Waals surface area contributed by atoms with Gasteiger partial charge in [-0.3, -0.25) is 0 Å². The number of fused-ring (bicyclic) bond motifs is 1. The molecule has 2 N–H and O–H groups in total. The third kappa shape index (κ3) is 4.11. The lowest BCUT2D eigenvalue weighted by molar-refractivity contribution is 0.262. The van der Waals surface area contributed by atoms with Gasteiger partial charge in [0.1, 0.15) is 17.2 Å². The minimum absolute atomic E-state index is 0.364. The second-order valence-electron chi connectivity index (χ2n) is 6.77. The fourth-order valence-electron chi connectivity index (χ4n) is 2.80. The summed E-state index contributed by atoms with van der Waals surface area (Å²) in [5, 5.41) is 10.6. The molecule has 7 nitrogen and oxygen atoms in total. The highest BCUT2D eigenvalue weighted by atomic mass is 32.2. The van der Waals surface area contributed by atoms with Gasteiger partial charge in [-0.05, 0) is 62.7 Å². The van der Waals surface area contributed by atoms with E-state index >= 15 is 0 Å². The molecular weight excluding hydrogens is 403 g/mol. The van der Waals surface area contributed by atoms with Crippen LogP contribution in [0.15, 0.2) is 58.7 Å². The molecule has 4 aromatic rings. The normalized spacial score (nSPS) is 10.9. The van der Waals surface area contributed by atoms with Gasteiger partial charge >= 0.3 is 6.03 Å². The highest BCUT2D eigenvalue weighted by molar-refractivity contribution is 7.99. The van der Waals surface area contributed by atoms with Crippen LogP contribution in [0.25, 0.3) is 5.78 Å². The first-order valence-corrected chi connectivity index (χ1v) is 10.0. The Hall–Kier alpha value is -3.46. The summed E-state index contributed by atoms with van der Waals surface area (Å²) < 4.78 is 15.3. The van der Waals surface area contributed by atoms with Crippen molar-refractivity contribution in [1.82, 2.24) is 19.6 Å². The van der Waals surface area contributed by atoms with Crippen LogP contribution in [0, 0.1) is 26.6 Å². The maximum absolute atomic E-state index is 13.6. The molecule has 0 bridgehead atoms. The first-order valence-electron chi connectivity index (χ1n) is 9.20. The van der Waals surface area contributed by atoms with Crippen molar-refractivity contribution in [3.8, 4) is 0 Å². The molecule has 2 aromatic carbocycles. The Kier molecular flexibility index (Phi) is 5.37. The smallest absolute Gasteiger partial charge is 0.308 e. The van der Waals surface area contributed by atoms with Crippen molar-refractivity contribution in [3.05, 3.63) is 71.4 Å². The third-order valence-electron chi connectivity index (χ3n) is 4.61. The van der Waals surface area contributed by atoms with Crippen LogP contribution >= 0.6 is 11.8 Å². The summed E-state index contributed by atoms with van der Waals surface area (Å²) in [4.78, 5) is 21.7. The molecule has 0 fully saturated rings. The molecule has 2 aromatic heterocycles. The SMILES string of the molecule is Cc1ccc(NC(=O)Nc2ccc(Sc3c(C)c(C)nc4ncnn34)cc2)cc1F. The lowest BCUT2D eigenvalue weighted by Gasteiger charge is -2.11. The molecule has 0 aliphatic heterocycles. The Balaban J connectivity index is 1.46. The Morgan fingerprint density at radius 1 is 1.03 bits per heavy atom. The fourth-order valence-corrected chi connectivity index (χ4v) is 3.82. The van der Waals surface area contributed by atoms with Crippen LogP contribution in [0.2, 0.25) is 0 Å². The van der Waals surface area contributed by atoms with Crippen LogP contribution in [-0.4, -0.2) is 25.6 Å². The second kappa shape index (κ2) is 8.11. The van der Waals surface area contributed by atoms with E-state index < -0.39 is 6.03 Å². The van der Waals surface area contributed by atoms with Gasteiger partial charge in [0.2, 0.25) is 0 Å². The molecule has 2 amide bonds. The molecule has 30 heavy (non-hydrogen) atoms. The summed E-state index contributed by atoms with van der Waals surface area (Å²) in [6, 6.07) is 11.5. The summed E-state index contributed by atoms with van der Waals surface area (Å²) in [6.07, 6.45) is 1.48. The van der Waals surface area contributed by atoms with E-state index in [-0.39, 0.29) is 5.82 Å². The van der Waals surface area contributed by atoms with Gasteiger partial charge in [0, 0.05) is 27.5 Å². The lowest BCUT2D eigenvalue weighted by Crippen LogP contribution is -2.19. The van der Waals surface area contributed by atoms with Crippen LogP contribution in [0.1, 0.15) is 16.8 Å². The van der Waals surface area contributed by atoms with Crippen molar-refractivity contribution in [2.75, 3.05) is 10.6 Å². The third-order valence-corrected chi connectivity index (χ3v) is 5.79. The lowest BCUT2D eigenvalue weighted by atomic mass is 10.2. The number of nitrogens with zero attached hydrogens (tertiary/aromatic N) is 4. The summed E-state index contributed by atoms with van der Waals surface area (Å²) in [5.41, 5.74) is 3.48. The molecule has 0 aliphatic carbocycles. The van der Waals surface area contributed by atoms with Gasteiger partial charge in [-0.15, -0.1) is 0 Å². The Morgan fingerprint density at radius 3 is 2.47 bits per heavy atom. The predicted molar refractivity (Wildman–Crippen MR) is 115 cm³/mol. The predicted octanol–water partition coefficient (Wildman–Crippen LogP) is 4.98. The number of benzene rings is 2. The molecule has 0 spiro atoms. The van der Waals surface area contributed by atoms with E-state index in [1.807, 2.05) is 26.0 Å². The van der Waals surface area contributed by atoms with Gasteiger partial charge in [0.05, 0.1) is 0 Å². The number of aromatic nitrogens is 4. The molecular formula is C21H19FN6OS. The average molecular weight is 422 g/mol. The highest BCUT2D eigenvalue weighted by Crippen LogP contribution is 2.31. The molecule has 0 radical (unpaired) electrons. The van der Waals surface area contributed by atoms with Crippen molar-refractivity contribution in [1.29, 1.82) is 0 Å². The number of rotatable bonds is 4. The van der Waals surface area contributed by atoms with E-state index in [0.29, 0.717) is 22.7 Å². The molecule has 0 unspecified atom stereocenters. The standard InChI is InChI=1S/C21H19FN6OS/c1-12-4-5-16(10-18(12)22)27-21(29)26-15-6-8-17(9-7-15)30-19-13(2)14(3)25-20-23-11-24-28(19)20/h4-11H,1-3H3,(H2,26,27,29). The van der Waals surface area contributed by atoms with Crippen molar-refractivity contribution < 1.29 is 9.18 Å². The number of urea groups is 1. The minimum Gasteiger partial charge on any atom is -0.308 e. The Morgan fingerprint density at radius 2 is 1.73 bits per heavy atom. The zero-order chi connectivity index (χ0) is 21.3. The zero-order valence-electron chi connectivity index (χ0n) is 16.6. The van der Waals surface area contributed by atoms with Gasteiger partial charge in [-0.1, -0.05) is 17.8 Å². The molecule has 0 aliphatic rings. The molecule has 0 atom stereocenters. The number of amides is 2. The maximum Gasteiger partial charge on any atom is 0.323 e. The average Bonchev–Trinajstić information content (AvgIpc) is 3.17. The molecule has 0 saturated heterocycles. The quantitative estimate of drug-likeness (QED) is 0.453. The topological polar surface area (TPSA) is 84.2 Å². The Bertz CT molecular complexity index is 1240. The van der Waals surface area contributed by atoms with Gasteiger partial charge in [-0.2, -0.15) is 14.6 Å². The van der Waals surface area contributed by atoms with Gasteiger partial charge < -0.3 is 10.6 Å². The number of nitrogens with one attached hydrogen (secondary N) is 2. The number of carbonyl (C=O) groups is 1. The molecule has 0 saturated carbocycles. The van der Waals surface area contributed by atoms with Crippen LogP contribution in [-0.2, 0) is 0 Å². The maximum atomic E-state index is 13.6. The van der Waals surface area contributed by atoms with Crippen molar-refractivity contribution in [2.45, 2.75) is 30.7 Å². The van der Waals surface area contributed by atoms with Crippen molar-refractivity contribution >= 4 is 34.9 Å². The van der Waals surface area contributed by atoms with E-state index in [0.717, 1.165) is 21.2 Å². The number of carbonyl (C=O) groups excluding carboxylic acids is 1. The molecule has 4 rings (SSSR count). The van der Waals surface area contributed by atoms with E-state index in [9.17, 15) is 9.18 Å². The summed E-state index contributed by atoms with van der Waals surface area (Å²) >= 11 is 1.55. The monoisotopic (exact) mass is 422 g/mol. The first-order chi connectivity index (χ1) is 14.4. The second-order valence-corrected chi connectivity index (χ2v) is 7.83. The van der Waals surface area contributed by atoms with Crippen LogP contribution in [0.4, 0.5) is 20.6 Å². The van der Waals surface area contributed by atoms with Gasteiger partial charge in [0.25, 0.3) is 5.78 Å². The number of hydrogen-bond acceptors (Lipinski definition) is 5. The summed E-state index contributed by atoms with van der Waals surface area (Å²) in [7, 11) is 0. The van der Waals surface area contributed by atoms with Gasteiger partial charge in [-0.25, -0.2) is 14.2 Å². The molecule has 152 valence electrons. The van der Waals surface area contributed by atoms with E-state index in [4.69, 9.17) is 0 Å².